The highest BCUT2D eigenvalue weighted by molar-refractivity contribution is 6.52. The zero-order valence-corrected chi connectivity index (χ0v) is 17.3. The maximum absolute atomic E-state index is 13.6. The third kappa shape index (κ3) is 5.01. The zero-order valence-electron chi connectivity index (χ0n) is 17.3. The molecule has 0 saturated carbocycles. The minimum Gasteiger partial charge on any atom is -0.166 e. The van der Waals surface area contributed by atoms with Crippen molar-refractivity contribution in [2.45, 2.75) is 84.0 Å². The average molecular weight is 368 g/mol. The van der Waals surface area contributed by atoms with Crippen LogP contribution in [0.4, 0.5) is 13.2 Å². The van der Waals surface area contributed by atoms with Gasteiger partial charge in [-0.1, -0.05) is 77.0 Å². The molecule has 0 spiro atoms. The molecule has 0 aromatic heterocycles. The summed E-state index contributed by atoms with van der Waals surface area (Å²) >= 11 is 0. The molecule has 0 N–H and O–H groups in total. The van der Waals surface area contributed by atoms with Gasteiger partial charge in [0.05, 0.1) is 15.7 Å². The fourth-order valence-electron chi connectivity index (χ4n) is 3.26. The number of benzene rings is 1. The van der Waals surface area contributed by atoms with Gasteiger partial charge in [0, 0.05) is 5.56 Å². The zero-order chi connectivity index (χ0) is 21.4. The molecule has 0 aliphatic heterocycles. The van der Waals surface area contributed by atoms with E-state index in [1.165, 1.54) is 0 Å². The van der Waals surface area contributed by atoms with E-state index in [1.54, 1.807) is 0 Å². The Hall–Kier alpha value is -0.730. The van der Waals surface area contributed by atoms with Crippen molar-refractivity contribution in [3.8, 4) is 0 Å². The highest BCUT2D eigenvalue weighted by Gasteiger charge is 2.41. The van der Waals surface area contributed by atoms with Crippen molar-refractivity contribution in [3.05, 3.63) is 22.8 Å². The van der Waals surface area contributed by atoms with Crippen molar-refractivity contribution in [1.29, 1.82) is 0 Å². The molecule has 0 nitrogen and oxygen atoms in total. The van der Waals surface area contributed by atoms with E-state index in [1.807, 2.05) is 34.6 Å². The van der Waals surface area contributed by atoms with Crippen LogP contribution in [0, 0.1) is 5.41 Å². The van der Waals surface area contributed by atoms with Crippen LogP contribution in [0.15, 0.2) is 6.07 Å². The van der Waals surface area contributed by atoms with Crippen molar-refractivity contribution < 1.29 is 13.2 Å². The summed E-state index contributed by atoms with van der Waals surface area (Å²) in [4.78, 5) is 0. The molecule has 0 aliphatic rings. The van der Waals surface area contributed by atoms with Crippen molar-refractivity contribution in [2.75, 3.05) is 0 Å². The molecule has 1 aromatic rings. The van der Waals surface area contributed by atoms with Crippen LogP contribution in [0.25, 0.3) is 0 Å². The minimum absolute atomic E-state index is 0.177. The molecule has 1 aromatic carbocycles. The molecule has 0 bridgehead atoms. The third-order valence-electron chi connectivity index (χ3n) is 5.50. The Bertz CT molecular complexity index is 671. The van der Waals surface area contributed by atoms with E-state index >= 15 is 0 Å². The Morgan fingerprint density at radius 2 is 1.37 bits per heavy atom. The molecule has 0 fully saturated rings. The number of rotatable bonds is 6. The fourth-order valence-corrected chi connectivity index (χ4v) is 3.26. The lowest BCUT2D eigenvalue weighted by Crippen LogP contribution is -2.51. The largest absolute Gasteiger partial charge is 0.415 e. The summed E-state index contributed by atoms with van der Waals surface area (Å²) in [5.41, 5.74) is -2.16. The van der Waals surface area contributed by atoms with Crippen LogP contribution < -0.4 is 10.9 Å². The monoisotopic (exact) mass is 368 g/mol. The Morgan fingerprint density at radius 3 is 1.78 bits per heavy atom. The van der Waals surface area contributed by atoms with Crippen LogP contribution in [-0.2, 0) is 16.8 Å². The lowest BCUT2D eigenvalue weighted by atomic mass is 9.38. The predicted octanol–water partition coefficient (Wildman–Crippen LogP) is 3.69. The van der Waals surface area contributed by atoms with E-state index in [0.29, 0.717) is 17.5 Å². The van der Waals surface area contributed by atoms with Gasteiger partial charge in [0.25, 0.3) is 0 Å². The topological polar surface area (TPSA) is 0 Å². The lowest BCUT2D eigenvalue weighted by Gasteiger charge is -2.46. The third-order valence-corrected chi connectivity index (χ3v) is 5.50. The molecule has 27 heavy (non-hydrogen) atoms. The quantitative estimate of drug-likeness (QED) is 0.531. The second-order valence-electron chi connectivity index (χ2n) is 9.13. The van der Waals surface area contributed by atoms with E-state index in [9.17, 15) is 13.2 Å². The summed E-state index contributed by atoms with van der Waals surface area (Å²) in [6.07, 6.45) is -1.04. The van der Waals surface area contributed by atoms with Crippen LogP contribution in [0.3, 0.4) is 0 Å². The summed E-state index contributed by atoms with van der Waals surface area (Å²) in [6.45, 7) is 11.4. The summed E-state index contributed by atoms with van der Waals surface area (Å²) in [5, 5.41) is -1.45. The number of alkyl halides is 3. The van der Waals surface area contributed by atoms with Gasteiger partial charge in [0.15, 0.2) is 0 Å². The first-order valence-corrected chi connectivity index (χ1v) is 9.36. The SMILES string of the molecule is [B]c1c(C(F)(F)F)cc(C(C)(C)CCCCC)c(C([B])([B])C(C)(C)C)c1[B]. The highest BCUT2D eigenvalue weighted by atomic mass is 19.4. The standard InChI is InChI=1S/C20H27B4F3/c1-7-8-9-10-18(5,6)12-11-13(20(25,26)27)15(21)16(22)14(12)19(23,24)17(2,3)4/h11H,7-10H2,1-6H3. The highest BCUT2D eigenvalue weighted by Crippen LogP contribution is 2.43. The van der Waals surface area contributed by atoms with Gasteiger partial charge >= 0.3 is 6.18 Å². The van der Waals surface area contributed by atoms with Crippen LogP contribution in [0.1, 0.15) is 83.9 Å². The maximum atomic E-state index is 13.6. The second kappa shape index (κ2) is 7.95. The first kappa shape index (κ1) is 24.3. The smallest absolute Gasteiger partial charge is 0.166 e. The van der Waals surface area contributed by atoms with Gasteiger partial charge in [-0.25, -0.2) is 0 Å². The normalized spacial score (nSPS) is 13.8. The molecular formula is C20H27B4F3. The molecule has 0 atom stereocenters. The maximum Gasteiger partial charge on any atom is 0.415 e. The number of unbranched alkanes of at least 4 members (excludes halogenated alkanes) is 2. The van der Waals surface area contributed by atoms with Gasteiger partial charge in [-0.05, 0) is 28.9 Å². The second-order valence-corrected chi connectivity index (χ2v) is 9.13. The molecule has 0 amide bonds. The average Bonchev–Trinajstić information content (AvgIpc) is 2.46. The molecule has 8 radical (unpaired) electrons. The molecule has 1 rings (SSSR count). The number of hydrogen-bond acceptors (Lipinski definition) is 0. The van der Waals surface area contributed by atoms with E-state index < -0.39 is 33.2 Å². The Labute approximate surface area is 168 Å². The summed E-state index contributed by atoms with van der Waals surface area (Å²) in [6, 6.07) is 1.09. The van der Waals surface area contributed by atoms with Crippen LogP contribution in [0.5, 0.6) is 0 Å². The van der Waals surface area contributed by atoms with Crippen molar-refractivity contribution in [2.24, 2.45) is 5.41 Å². The molecule has 140 valence electrons. The van der Waals surface area contributed by atoms with Gasteiger partial charge in [-0.15, -0.1) is 5.46 Å². The van der Waals surface area contributed by atoms with Crippen molar-refractivity contribution >= 4 is 42.3 Å². The first-order valence-electron chi connectivity index (χ1n) is 9.36. The Balaban J connectivity index is 3.83. The summed E-state index contributed by atoms with van der Waals surface area (Å²) in [5.74, 6) is 0. The van der Waals surface area contributed by atoms with Gasteiger partial charge < -0.3 is 0 Å². The molecule has 0 unspecified atom stereocenters. The van der Waals surface area contributed by atoms with E-state index in [-0.39, 0.29) is 5.46 Å². The summed E-state index contributed by atoms with van der Waals surface area (Å²) in [7, 11) is 24.8. The van der Waals surface area contributed by atoms with Crippen LogP contribution in [0.2, 0.25) is 0 Å². The van der Waals surface area contributed by atoms with Crippen LogP contribution in [-0.4, -0.2) is 31.4 Å². The van der Waals surface area contributed by atoms with Crippen molar-refractivity contribution in [3.63, 3.8) is 0 Å². The van der Waals surface area contributed by atoms with Crippen LogP contribution >= 0.6 is 0 Å². The van der Waals surface area contributed by atoms with E-state index in [4.69, 9.17) is 31.4 Å². The fraction of sp³-hybridized carbons (Fsp3) is 0.700. The van der Waals surface area contributed by atoms with Gasteiger partial charge in [0.1, 0.15) is 15.7 Å². The van der Waals surface area contributed by atoms with Gasteiger partial charge in [-0.2, -0.15) is 13.2 Å². The Kier molecular flexibility index (Phi) is 7.16. The number of halogens is 3. The van der Waals surface area contributed by atoms with Gasteiger partial charge in [-0.3, -0.25) is 0 Å². The summed E-state index contributed by atoms with van der Waals surface area (Å²) < 4.78 is 40.7. The molecule has 7 heteroatoms. The van der Waals surface area contributed by atoms with Gasteiger partial charge in [0.2, 0.25) is 0 Å². The number of hydrogen-bond donors (Lipinski definition) is 0. The Morgan fingerprint density at radius 1 is 0.852 bits per heavy atom. The molecular weight excluding hydrogens is 340 g/mol. The first-order chi connectivity index (χ1) is 12.0. The minimum atomic E-state index is -4.61. The predicted molar refractivity (Wildman–Crippen MR) is 112 cm³/mol. The van der Waals surface area contributed by atoms with E-state index in [2.05, 4.69) is 6.92 Å². The van der Waals surface area contributed by atoms with Crippen molar-refractivity contribution in [1.82, 2.24) is 0 Å². The molecule has 0 aliphatic carbocycles. The molecule has 0 heterocycles. The van der Waals surface area contributed by atoms with E-state index in [0.717, 1.165) is 25.3 Å². The lowest BCUT2D eigenvalue weighted by molar-refractivity contribution is -0.136. The molecule has 0 saturated heterocycles.